The van der Waals surface area contributed by atoms with Crippen LogP contribution in [0, 0.1) is 0 Å². The van der Waals surface area contributed by atoms with E-state index in [9.17, 15) is 4.79 Å². The summed E-state index contributed by atoms with van der Waals surface area (Å²) in [5.41, 5.74) is 1.82. The number of hydrogen-bond donors (Lipinski definition) is 1. The second kappa shape index (κ2) is 11.1. The summed E-state index contributed by atoms with van der Waals surface area (Å²) in [4.78, 5) is 12.7. The fourth-order valence-electron chi connectivity index (χ4n) is 2.74. The van der Waals surface area contributed by atoms with Gasteiger partial charge >= 0.3 is 6.35 Å². The lowest BCUT2D eigenvalue weighted by atomic mass is 10.1. The van der Waals surface area contributed by atoms with Crippen LogP contribution in [-0.4, -0.2) is 24.3 Å². The van der Waals surface area contributed by atoms with E-state index >= 15 is 0 Å². The van der Waals surface area contributed by atoms with E-state index in [0.717, 1.165) is 0 Å². The maximum absolute atomic E-state index is 12.7. The molecule has 0 amide bonds. The normalized spacial score (nSPS) is 11.3. The summed E-state index contributed by atoms with van der Waals surface area (Å²) in [5, 5.41) is 12.0. The molecule has 28 heavy (non-hydrogen) atoms. The number of methoxy groups -OCH3 is 1. The van der Waals surface area contributed by atoms with Crippen molar-refractivity contribution in [3.63, 3.8) is 0 Å². The monoisotopic (exact) mass is 419 g/mol. The van der Waals surface area contributed by atoms with Gasteiger partial charge in [-0.2, -0.15) is 0 Å². The minimum atomic E-state index is -0.548. The van der Waals surface area contributed by atoms with Gasteiger partial charge in [-0.1, -0.05) is 35.5 Å². The Bertz CT molecular complexity index is 937. The minimum Gasteiger partial charge on any atom is -1.00 e. The van der Waals surface area contributed by atoms with Gasteiger partial charge in [0, 0.05) is 30.9 Å². The highest BCUT2D eigenvalue weighted by atomic mass is 35.5. The quantitative estimate of drug-likeness (QED) is 0.145. The van der Waals surface area contributed by atoms with E-state index in [-0.39, 0.29) is 30.6 Å². The molecule has 0 saturated heterocycles. The van der Waals surface area contributed by atoms with Crippen LogP contribution >= 0.6 is 0 Å². The molecular formula is C20H19Cl2N3O3. The molecule has 0 spiro atoms. The van der Waals surface area contributed by atoms with Crippen LogP contribution in [-0.2, 0) is 4.74 Å². The van der Waals surface area contributed by atoms with Gasteiger partial charge in [-0.15, -0.1) is 9.13 Å². The SMILES string of the molecule is COC([n+]1cccc(C(=O)c2ccccc2)c1)[n+]1ccccc1/C=N\O.[Cl-].[Cl-]. The molecule has 0 aliphatic carbocycles. The molecule has 0 saturated carbocycles. The first-order chi connectivity index (χ1) is 12.7. The van der Waals surface area contributed by atoms with Crippen molar-refractivity contribution < 1.29 is 48.7 Å². The maximum atomic E-state index is 12.7. The molecule has 2 heterocycles. The van der Waals surface area contributed by atoms with Crippen LogP contribution in [0.1, 0.15) is 28.0 Å². The Labute approximate surface area is 175 Å². The third-order valence-corrected chi connectivity index (χ3v) is 3.94. The molecule has 1 aromatic carbocycles. The van der Waals surface area contributed by atoms with Crippen LogP contribution in [0.25, 0.3) is 0 Å². The third kappa shape index (κ3) is 5.13. The second-order valence-electron chi connectivity index (χ2n) is 5.57. The van der Waals surface area contributed by atoms with Gasteiger partial charge in [0.05, 0.1) is 5.56 Å². The van der Waals surface area contributed by atoms with Gasteiger partial charge in [0.1, 0.15) is 6.21 Å². The summed E-state index contributed by atoms with van der Waals surface area (Å²) in [6.45, 7) is 0. The highest BCUT2D eigenvalue weighted by Gasteiger charge is 2.30. The van der Waals surface area contributed by atoms with Crippen molar-refractivity contribution in [3.8, 4) is 0 Å². The number of hydrogen-bond acceptors (Lipinski definition) is 4. The van der Waals surface area contributed by atoms with E-state index in [4.69, 9.17) is 9.94 Å². The van der Waals surface area contributed by atoms with Crippen molar-refractivity contribution in [2.75, 3.05) is 7.11 Å². The molecule has 6 nitrogen and oxygen atoms in total. The largest absolute Gasteiger partial charge is 1.00 e. The van der Waals surface area contributed by atoms with Gasteiger partial charge in [-0.05, 0) is 12.1 Å². The molecule has 0 aliphatic rings. The van der Waals surface area contributed by atoms with Crippen molar-refractivity contribution in [1.29, 1.82) is 0 Å². The zero-order valence-electron chi connectivity index (χ0n) is 15.0. The lowest BCUT2D eigenvalue weighted by Gasteiger charge is -2.08. The van der Waals surface area contributed by atoms with Crippen molar-refractivity contribution in [2.45, 2.75) is 6.35 Å². The number of halogens is 2. The molecule has 0 fully saturated rings. The number of carbonyl (C=O) groups excluding carboxylic acids is 1. The number of ether oxygens (including phenoxy) is 1. The zero-order chi connectivity index (χ0) is 18.4. The molecule has 1 unspecified atom stereocenters. The Morgan fingerprint density at radius 1 is 1.00 bits per heavy atom. The van der Waals surface area contributed by atoms with E-state index in [2.05, 4.69) is 5.16 Å². The van der Waals surface area contributed by atoms with Crippen LogP contribution in [0.15, 0.2) is 84.4 Å². The Kier molecular flexibility index (Phi) is 9.24. The van der Waals surface area contributed by atoms with E-state index in [1.165, 1.54) is 6.21 Å². The molecule has 2 aromatic heterocycles. The van der Waals surface area contributed by atoms with E-state index in [1.54, 1.807) is 52.8 Å². The van der Waals surface area contributed by atoms with Gasteiger partial charge in [0.15, 0.2) is 24.4 Å². The number of aromatic nitrogens is 2. The standard InChI is InChI=1S/C20H18N3O3.2ClH/c1-26-20(23-13-6-5-11-18(23)14-21-25)22-12-7-10-17(15-22)19(24)16-8-3-2-4-9-16;;/h2-15,20H,1H3;2*1H/q+1;;/p-1. The first kappa shape index (κ1) is 23.2. The summed E-state index contributed by atoms with van der Waals surface area (Å²) in [7, 11) is 1.57. The Balaban J connectivity index is 0.00000196. The van der Waals surface area contributed by atoms with Gasteiger partial charge in [-0.25, -0.2) is 0 Å². The van der Waals surface area contributed by atoms with Crippen molar-refractivity contribution in [1.82, 2.24) is 0 Å². The fourth-order valence-corrected chi connectivity index (χ4v) is 2.74. The molecule has 1 atom stereocenters. The molecule has 0 aliphatic heterocycles. The Morgan fingerprint density at radius 2 is 1.68 bits per heavy atom. The Morgan fingerprint density at radius 3 is 2.36 bits per heavy atom. The van der Waals surface area contributed by atoms with Gasteiger partial charge < -0.3 is 30.0 Å². The summed E-state index contributed by atoms with van der Waals surface area (Å²) >= 11 is 0. The zero-order valence-corrected chi connectivity index (χ0v) is 16.5. The number of carbonyl (C=O) groups is 1. The topological polar surface area (TPSA) is 66.7 Å². The summed E-state index contributed by atoms with van der Waals surface area (Å²) in [5.74, 6) is -0.0648. The summed E-state index contributed by atoms with van der Waals surface area (Å²) in [6.07, 6.45) is 6.14. The molecule has 3 aromatic rings. The average molecular weight is 420 g/mol. The lowest BCUT2D eigenvalue weighted by Crippen LogP contribution is -3.00. The van der Waals surface area contributed by atoms with E-state index in [1.807, 2.05) is 42.7 Å². The molecule has 1 N–H and O–H groups in total. The number of oxime groups is 1. The summed E-state index contributed by atoms with van der Waals surface area (Å²) < 4.78 is 9.19. The van der Waals surface area contributed by atoms with Crippen LogP contribution in [0.5, 0.6) is 0 Å². The molecular weight excluding hydrogens is 401 g/mol. The predicted octanol–water partition coefficient (Wildman–Crippen LogP) is -4.04. The van der Waals surface area contributed by atoms with E-state index in [0.29, 0.717) is 16.8 Å². The molecule has 3 rings (SSSR count). The number of ketones is 1. The van der Waals surface area contributed by atoms with E-state index < -0.39 is 6.35 Å². The molecule has 0 radical (unpaired) electrons. The number of pyridine rings is 2. The highest BCUT2D eigenvalue weighted by Crippen LogP contribution is 2.08. The summed E-state index contributed by atoms with van der Waals surface area (Å²) in [6, 6.07) is 18.2. The fraction of sp³-hybridized carbons (Fsp3) is 0.100. The number of benzene rings is 1. The smallest absolute Gasteiger partial charge is 0.474 e. The number of rotatable bonds is 6. The van der Waals surface area contributed by atoms with Crippen LogP contribution in [0.3, 0.4) is 0 Å². The lowest BCUT2D eigenvalue weighted by molar-refractivity contribution is -0.983. The molecule has 8 heteroatoms. The molecule has 0 bridgehead atoms. The first-order valence-corrected chi connectivity index (χ1v) is 8.05. The van der Waals surface area contributed by atoms with Crippen molar-refractivity contribution >= 4 is 12.0 Å². The predicted molar refractivity (Wildman–Crippen MR) is 94.0 cm³/mol. The highest BCUT2D eigenvalue weighted by molar-refractivity contribution is 6.08. The maximum Gasteiger partial charge on any atom is 0.474 e. The average Bonchev–Trinajstić information content (AvgIpc) is 2.70. The van der Waals surface area contributed by atoms with Crippen LogP contribution in [0.4, 0.5) is 0 Å². The Hall–Kier alpha value is -2.80. The van der Waals surface area contributed by atoms with Crippen molar-refractivity contribution in [3.05, 3.63) is 96.1 Å². The van der Waals surface area contributed by atoms with Crippen LogP contribution < -0.4 is 33.9 Å². The van der Waals surface area contributed by atoms with Gasteiger partial charge in [-0.3, -0.25) is 9.53 Å². The van der Waals surface area contributed by atoms with Crippen LogP contribution in [0.2, 0.25) is 0 Å². The van der Waals surface area contributed by atoms with Gasteiger partial charge in [0.25, 0.3) is 0 Å². The number of nitrogens with zero attached hydrogens (tertiary/aromatic N) is 3. The van der Waals surface area contributed by atoms with Gasteiger partial charge in [0.2, 0.25) is 5.69 Å². The molecule has 146 valence electrons. The van der Waals surface area contributed by atoms with Crippen molar-refractivity contribution in [2.24, 2.45) is 5.16 Å². The minimum absolute atomic E-state index is 0. The first-order valence-electron chi connectivity index (χ1n) is 8.05. The third-order valence-electron chi connectivity index (χ3n) is 3.94. The second-order valence-corrected chi connectivity index (χ2v) is 5.57.